The fourth-order valence-electron chi connectivity index (χ4n) is 1.43. The lowest BCUT2D eigenvalue weighted by molar-refractivity contribution is -0.121. The van der Waals surface area contributed by atoms with Gasteiger partial charge in [-0.25, -0.2) is 0 Å². The summed E-state index contributed by atoms with van der Waals surface area (Å²) in [5.74, 6) is 0.526. The van der Waals surface area contributed by atoms with Gasteiger partial charge in [-0.1, -0.05) is 42.1 Å². The molecule has 1 N–H and O–H groups in total. The van der Waals surface area contributed by atoms with Gasteiger partial charge in [0.1, 0.15) is 0 Å². The lowest BCUT2D eigenvalue weighted by Gasteiger charge is -2.13. The number of nitrogens with one attached hydrogen (secondary N) is 1. The van der Waals surface area contributed by atoms with Gasteiger partial charge in [0, 0.05) is 19.1 Å². The van der Waals surface area contributed by atoms with Gasteiger partial charge in [-0.2, -0.15) is 0 Å². The summed E-state index contributed by atoms with van der Waals surface area (Å²) in [5.41, 5.74) is 1.08. The predicted molar refractivity (Wildman–Crippen MR) is 70.8 cm³/mol. The number of carbonyl (C=O) groups excluding carboxylic acids is 2. The minimum absolute atomic E-state index is 0.00558. The van der Waals surface area contributed by atoms with Crippen molar-refractivity contribution < 1.29 is 9.59 Å². The quantitative estimate of drug-likeness (QED) is 0.874. The summed E-state index contributed by atoms with van der Waals surface area (Å²) in [6.45, 7) is 3.46. The molecule has 1 rings (SSSR count). The second-order valence-corrected chi connectivity index (χ2v) is 5.06. The number of thioether (sulfide) groups is 1. The number of benzene rings is 1. The standard InChI is InChI=1S/C13H17NO2S/c1-10(12-6-4-3-5-7-12)14-13(16)8-9-17-11(2)15/h3-7,10H,8-9H2,1-2H3,(H,14,16)/t10-/m0/s1. The summed E-state index contributed by atoms with van der Waals surface area (Å²) in [5, 5.41) is 2.96. The highest BCUT2D eigenvalue weighted by atomic mass is 32.2. The largest absolute Gasteiger partial charge is 0.350 e. The molecular formula is C13H17NO2S. The minimum atomic E-state index is -0.0184. The SMILES string of the molecule is CC(=O)SCCC(=O)N[C@@H](C)c1ccccc1. The Hall–Kier alpha value is -1.29. The molecule has 0 aromatic heterocycles. The zero-order valence-electron chi connectivity index (χ0n) is 10.1. The van der Waals surface area contributed by atoms with Gasteiger partial charge >= 0.3 is 0 Å². The molecule has 1 aromatic carbocycles. The van der Waals surface area contributed by atoms with Crippen molar-refractivity contribution in [3.05, 3.63) is 35.9 Å². The van der Waals surface area contributed by atoms with Gasteiger partial charge in [0.15, 0.2) is 5.12 Å². The first kappa shape index (κ1) is 13.8. The van der Waals surface area contributed by atoms with Crippen LogP contribution in [0.25, 0.3) is 0 Å². The molecule has 0 unspecified atom stereocenters. The zero-order valence-corrected chi connectivity index (χ0v) is 10.9. The van der Waals surface area contributed by atoms with E-state index in [2.05, 4.69) is 5.32 Å². The van der Waals surface area contributed by atoms with E-state index >= 15 is 0 Å². The second-order valence-electron chi connectivity index (χ2n) is 3.79. The first-order valence-corrected chi connectivity index (χ1v) is 6.56. The first-order chi connectivity index (χ1) is 8.09. The van der Waals surface area contributed by atoms with E-state index in [1.54, 1.807) is 0 Å². The van der Waals surface area contributed by atoms with Gasteiger partial charge in [0.05, 0.1) is 6.04 Å². The maximum Gasteiger partial charge on any atom is 0.221 e. The van der Waals surface area contributed by atoms with E-state index in [9.17, 15) is 9.59 Å². The predicted octanol–water partition coefficient (Wildman–Crippen LogP) is 2.53. The van der Waals surface area contributed by atoms with Crippen molar-refractivity contribution in [3.63, 3.8) is 0 Å². The third kappa shape index (κ3) is 5.54. The van der Waals surface area contributed by atoms with Crippen LogP contribution in [-0.4, -0.2) is 16.8 Å². The van der Waals surface area contributed by atoms with E-state index in [0.717, 1.165) is 5.56 Å². The number of carbonyl (C=O) groups is 2. The Morgan fingerprint density at radius 1 is 1.29 bits per heavy atom. The van der Waals surface area contributed by atoms with Crippen LogP contribution < -0.4 is 5.32 Å². The van der Waals surface area contributed by atoms with Crippen LogP contribution >= 0.6 is 11.8 Å². The lowest BCUT2D eigenvalue weighted by atomic mass is 10.1. The Bertz CT molecular complexity index is 378. The van der Waals surface area contributed by atoms with E-state index in [1.807, 2.05) is 37.3 Å². The van der Waals surface area contributed by atoms with E-state index in [-0.39, 0.29) is 17.1 Å². The van der Waals surface area contributed by atoms with Crippen LogP contribution in [0.15, 0.2) is 30.3 Å². The highest BCUT2D eigenvalue weighted by molar-refractivity contribution is 8.13. The number of amides is 1. The molecule has 3 nitrogen and oxygen atoms in total. The molecule has 0 aliphatic rings. The van der Waals surface area contributed by atoms with Crippen molar-refractivity contribution in [1.29, 1.82) is 0 Å². The molecule has 92 valence electrons. The molecule has 0 saturated carbocycles. The molecule has 0 spiro atoms. The van der Waals surface area contributed by atoms with Gasteiger partial charge in [-0.05, 0) is 12.5 Å². The van der Waals surface area contributed by atoms with E-state index in [4.69, 9.17) is 0 Å². The van der Waals surface area contributed by atoms with Crippen LogP contribution in [0.4, 0.5) is 0 Å². The van der Waals surface area contributed by atoms with E-state index in [0.29, 0.717) is 12.2 Å². The smallest absolute Gasteiger partial charge is 0.221 e. The molecule has 0 heterocycles. The monoisotopic (exact) mass is 251 g/mol. The van der Waals surface area contributed by atoms with Gasteiger partial charge in [-0.15, -0.1) is 0 Å². The van der Waals surface area contributed by atoms with Gasteiger partial charge < -0.3 is 5.32 Å². The van der Waals surface area contributed by atoms with Crippen molar-refractivity contribution in [2.45, 2.75) is 26.3 Å². The normalized spacial score (nSPS) is 11.9. The summed E-state index contributed by atoms with van der Waals surface area (Å²) in [6, 6.07) is 9.81. The summed E-state index contributed by atoms with van der Waals surface area (Å²) < 4.78 is 0. The van der Waals surface area contributed by atoms with Crippen molar-refractivity contribution in [2.75, 3.05) is 5.75 Å². The van der Waals surface area contributed by atoms with Crippen molar-refractivity contribution >= 4 is 22.8 Å². The number of hydrogen-bond acceptors (Lipinski definition) is 3. The Morgan fingerprint density at radius 2 is 1.94 bits per heavy atom. The molecule has 1 atom stereocenters. The van der Waals surface area contributed by atoms with Crippen LogP contribution in [0.2, 0.25) is 0 Å². The fourth-order valence-corrected chi connectivity index (χ4v) is 2.00. The van der Waals surface area contributed by atoms with Gasteiger partial charge in [0.25, 0.3) is 0 Å². The zero-order chi connectivity index (χ0) is 12.7. The van der Waals surface area contributed by atoms with Crippen molar-refractivity contribution in [3.8, 4) is 0 Å². The topological polar surface area (TPSA) is 46.2 Å². The Balaban J connectivity index is 2.34. The van der Waals surface area contributed by atoms with Gasteiger partial charge in [0.2, 0.25) is 5.91 Å². The number of rotatable bonds is 5. The second kappa shape index (κ2) is 7.12. The highest BCUT2D eigenvalue weighted by Gasteiger charge is 2.09. The maximum atomic E-state index is 11.6. The Kier molecular flexibility index (Phi) is 5.77. The highest BCUT2D eigenvalue weighted by Crippen LogP contribution is 2.11. The Labute approximate surface area is 106 Å². The molecule has 0 aliphatic heterocycles. The van der Waals surface area contributed by atoms with Crippen molar-refractivity contribution in [2.24, 2.45) is 0 Å². The van der Waals surface area contributed by atoms with Crippen LogP contribution in [0.1, 0.15) is 31.9 Å². The number of hydrogen-bond donors (Lipinski definition) is 1. The summed E-state index contributed by atoms with van der Waals surface area (Å²) >= 11 is 1.18. The fraction of sp³-hybridized carbons (Fsp3) is 0.385. The van der Waals surface area contributed by atoms with E-state index in [1.165, 1.54) is 18.7 Å². The third-order valence-corrected chi connectivity index (χ3v) is 3.13. The third-order valence-electron chi connectivity index (χ3n) is 2.31. The molecule has 4 heteroatoms. The van der Waals surface area contributed by atoms with Crippen LogP contribution in [-0.2, 0) is 9.59 Å². The minimum Gasteiger partial charge on any atom is -0.350 e. The molecule has 0 fully saturated rings. The molecule has 1 aromatic rings. The molecule has 1 amide bonds. The van der Waals surface area contributed by atoms with E-state index < -0.39 is 0 Å². The molecule has 0 aliphatic carbocycles. The van der Waals surface area contributed by atoms with Crippen LogP contribution in [0.5, 0.6) is 0 Å². The summed E-state index contributed by atoms with van der Waals surface area (Å²) in [6.07, 6.45) is 0.376. The lowest BCUT2D eigenvalue weighted by Crippen LogP contribution is -2.26. The molecule has 0 saturated heterocycles. The van der Waals surface area contributed by atoms with Crippen LogP contribution in [0, 0.1) is 0 Å². The molecule has 17 heavy (non-hydrogen) atoms. The summed E-state index contributed by atoms with van der Waals surface area (Å²) in [7, 11) is 0. The Morgan fingerprint density at radius 3 is 2.53 bits per heavy atom. The molecule has 0 radical (unpaired) electrons. The summed E-state index contributed by atoms with van der Waals surface area (Å²) in [4.78, 5) is 22.3. The van der Waals surface area contributed by atoms with Crippen LogP contribution in [0.3, 0.4) is 0 Å². The first-order valence-electron chi connectivity index (χ1n) is 5.57. The van der Waals surface area contributed by atoms with Crippen molar-refractivity contribution in [1.82, 2.24) is 5.32 Å². The molecular weight excluding hydrogens is 234 g/mol. The maximum absolute atomic E-state index is 11.6. The average Bonchev–Trinajstić information content (AvgIpc) is 2.29. The van der Waals surface area contributed by atoms with Gasteiger partial charge in [-0.3, -0.25) is 9.59 Å². The average molecular weight is 251 g/mol. The molecule has 0 bridgehead atoms.